The molecule has 1 aromatic heterocycles. The molecule has 6 heteroatoms. The summed E-state index contributed by atoms with van der Waals surface area (Å²) in [4.78, 5) is 17.7. The number of hydrogen-bond donors (Lipinski definition) is 0. The van der Waals surface area contributed by atoms with Crippen molar-refractivity contribution in [3.8, 4) is 11.4 Å². The summed E-state index contributed by atoms with van der Waals surface area (Å²) in [6.45, 7) is 2.10. The number of para-hydroxylation sites is 1. The van der Waals surface area contributed by atoms with Crippen molar-refractivity contribution in [2.75, 3.05) is 12.9 Å². The van der Waals surface area contributed by atoms with E-state index in [4.69, 9.17) is 16.3 Å². The van der Waals surface area contributed by atoms with Crippen LogP contribution in [0.4, 0.5) is 0 Å². The van der Waals surface area contributed by atoms with Crippen LogP contribution in [0, 0.1) is 0 Å². The van der Waals surface area contributed by atoms with Gasteiger partial charge in [0.1, 0.15) is 5.75 Å². The molecule has 0 fully saturated rings. The Morgan fingerprint density at radius 2 is 2.04 bits per heavy atom. The van der Waals surface area contributed by atoms with Gasteiger partial charge in [-0.2, -0.15) is 0 Å². The molecule has 124 valence electrons. The maximum atomic E-state index is 13.0. The molecule has 0 aliphatic carbocycles. The molecular formula is C18H17ClN2O2S. The molecule has 0 aliphatic heterocycles. The Hall–Kier alpha value is -1.98. The number of halogens is 1. The zero-order valence-electron chi connectivity index (χ0n) is 13.5. The van der Waals surface area contributed by atoms with E-state index in [0.717, 1.165) is 12.2 Å². The first kappa shape index (κ1) is 16.9. The van der Waals surface area contributed by atoms with Crippen molar-refractivity contribution >= 4 is 34.3 Å². The molecule has 2 aromatic carbocycles. The second-order valence-electron chi connectivity index (χ2n) is 5.22. The minimum atomic E-state index is -0.0968. The van der Waals surface area contributed by atoms with Crippen LogP contribution >= 0.6 is 23.4 Å². The fraction of sp³-hybridized carbons (Fsp3) is 0.222. The van der Waals surface area contributed by atoms with Gasteiger partial charge in [-0.1, -0.05) is 42.4 Å². The number of rotatable bonds is 5. The quantitative estimate of drug-likeness (QED) is 0.494. The Morgan fingerprint density at radius 3 is 2.75 bits per heavy atom. The highest BCUT2D eigenvalue weighted by molar-refractivity contribution is 7.99. The molecule has 0 amide bonds. The zero-order valence-corrected chi connectivity index (χ0v) is 15.0. The summed E-state index contributed by atoms with van der Waals surface area (Å²) in [5.74, 6) is 1.46. The Labute approximate surface area is 149 Å². The smallest absolute Gasteiger partial charge is 0.266 e. The Balaban J connectivity index is 2.26. The van der Waals surface area contributed by atoms with Gasteiger partial charge in [-0.25, -0.2) is 4.98 Å². The SMILES string of the molecule is CCCSc1nc2ccccc2c(=O)n1-c1ccc(OC)c(Cl)c1. The van der Waals surface area contributed by atoms with E-state index in [1.165, 1.54) is 0 Å². The van der Waals surface area contributed by atoms with E-state index in [9.17, 15) is 4.79 Å². The van der Waals surface area contributed by atoms with Crippen molar-refractivity contribution in [1.29, 1.82) is 0 Å². The molecule has 0 N–H and O–H groups in total. The standard InChI is InChI=1S/C18H17ClN2O2S/c1-3-10-24-18-20-15-7-5-4-6-13(15)17(22)21(18)12-8-9-16(23-2)14(19)11-12/h4-9,11H,3,10H2,1-2H3. The number of aromatic nitrogens is 2. The van der Waals surface area contributed by atoms with Crippen molar-refractivity contribution in [2.24, 2.45) is 0 Å². The van der Waals surface area contributed by atoms with Crippen molar-refractivity contribution < 1.29 is 4.74 Å². The first-order valence-electron chi connectivity index (χ1n) is 7.64. The molecule has 1 heterocycles. The van der Waals surface area contributed by atoms with Crippen LogP contribution in [0.25, 0.3) is 16.6 Å². The van der Waals surface area contributed by atoms with E-state index in [1.807, 2.05) is 24.3 Å². The van der Waals surface area contributed by atoms with Gasteiger partial charge in [0, 0.05) is 5.75 Å². The van der Waals surface area contributed by atoms with Gasteiger partial charge in [0.15, 0.2) is 5.16 Å². The molecule has 24 heavy (non-hydrogen) atoms. The fourth-order valence-corrected chi connectivity index (χ4v) is 3.54. The molecule has 0 unspecified atom stereocenters. The number of fused-ring (bicyclic) bond motifs is 1. The third-order valence-electron chi connectivity index (χ3n) is 3.57. The Morgan fingerprint density at radius 1 is 1.25 bits per heavy atom. The van der Waals surface area contributed by atoms with Crippen LogP contribution in [0.15, 0.2) is 52.4 Å². The van der Waals surface area contributed by atoms with Gasteiger partial charge in [0.2, 0.25) is 0 Å². The largest absolute Gasteiger partial charge is 0.495 e. The summed E-state index contributed by atoms with van der Waals surface area (Å²) in [5, 5.41) is 1.72. The molecule has 4 nitrogen and oxygen atoms in total. The van der Waals surface area contributed by atoms with Gasteiger partial charge in [0.05, 0.1) is 28.7 Å². The molecular weight excluding hydrogens is 344 g/mol. The van der Waals surface area contributed by atoms with Crippen molar-refractivity contribution in [3.05, 3.63) is 57.8 Å². The van der Waals surface area contributed by atoms with Gasteiger partial charge in [0.25, 0.3) is 5.56 Å². The van der Waals surface area contributed by atoms with Crippen molar-refractivity contribution in [1.82, 2.24) is 9.55 Å². The molecule has 0 spiro atoms. The van der Waals surface area contributed by atoms with E-state index >= 15 is 0 Å². The molecule has 3 aromatic rings. The number of ether oxygens (including phenoxy) is 1. The van der Waals surface area contributed by atoms with Crippen LogP contribution in [-0.4, -0.2) is 22.4 Å². The van der Waals surface area contributed by atoms with Crippen LogP contribution in [0.3, 0.4) is 0 Å². The maximum absolute atomic E-state index is 13.0. The second-order valence-corrected chi connectivity index (χ2v) is 6.69. The average Bonchev–Trinajstić information content (AvgIpc) is 2.60. The fourth-order valence-electron chi connectivity index (χ4n) is 2.42. The summed E-state index contributed by atoms with van der Waals surface area (Å²) >= 11 is 7.80. The van der Waals surface area contributed by atoms with Crippen LogP contribution in [-0.2, 0) is 0 Å². The molecule has 0 aliphatic rings. The highest BCUT2D eigenvalue weighted by atomic mass is 35.5. The maximum Gasteiger partial charge on any atom is 0.266 e. The predicted octanol–water partition coefficient (Wildman–Crippen LogP) is 4.55. The first-order valence-corrected chi connectivity index (χ1v) is 9.00. The molecule has 0 saturated carbocycles. The third-order valence-corrected chi connectivity index (χ3v) is 5.01. The molecule has 0 saturated heterocycles. The lowest BCUT2D eigenvalue weighted by molar-refractivity contribution is 0.415. The summed E-state index contributed by atoms with van der Waals surface area (Å²) < 4.78 is 6.81. The average molecular weight is 361 g/mol. The monoisotopic (exact) mass is 360 g/mol. The summed E-state index contributed by atoms with van der Waals surface area (Å²) in [5.41, 5.74) is 1.29. The highest BCUT2D eigenvalue weighted by Crippen LogP contribution is 2.28. The molecule has 0 radical (unpaired) electrons. The van der Waals surface area contributed by atoms with Gasteiger partial charge >= 0.3 is 0 Å². The number of benzene rings is 2. The number of methoxy groups -OCH3 is 1. The van der Waals surface area contributed by atoms with Crippen LogP contribution in [0.2, 0.25) is 5.02 Å². The normalized spacial score (nSPS) is 11.0. The van der Waals surface area contributed by atoms with Gasteiger partial charge < -0.3 is 4.74 Å². The van der Waals surface area contributed by atoms with Crippen molar-refractivity contribution in [3.63, 3.8) is 0 Å². The summed E-state index contributed by atoms with van der Waals surface area (Å²) in [6, 6.07) is 12.7. The molecule has 0 bridgehead atoms. The lowest BCUT2D eigenvalue weighted by atomic mass is 10.2. The van der Waals surface area contributed by atoms with E-state index in [2.05, 4.69) is 11.9 Å². The van der Waals surface area contributed by atoms with Crippen LogP contribution in [0.1, 0.15) is 13.3 Å². The zero-order chi connectivity index (χ0) is 17.1. The van der Waals surface area contributed by atoms with E-state index in [-0.39, 0.29) is 5.56 Å². The number of nitrogens with zero attached hydrogens (tertiary/aromatic N) is 2. The topological polar surface area (TPSA) is 44.1 Å². The van der Waals surface area contributed by atoms with E-state index < -0.39 is 0 Å². The second kappa shape index (κ2) is 7.28. The predicted molar refractivity (Wildman–Crippen MR) is 99.9 cm³/mol. The number of hydrogen-bond acceptors (Lipinski definition) is 4. The molecule has 0 atom stereocenters. The highest BCUT2D eigenvalue weighted by Gasteiger charge is 2.14. The third kappa shape index (κ3) is 3.14. The van der Waals surface area contributed by atoms with Crippen LogP contribution < -0.4 is 10.3 Å². The van der Waals surface area contributed by atoms with E-state index in [1.54, 1.807) is 41.6 Å². The Bertz CT molecular complexity index is 940. The minimum absolute atomic E-state index is 0.0968. The summed E-state index contributed by atoms with van der Waals surface area (Å²) in [7, 11) is 1.56. The molecule has 3 rings (SSSR count). The Kier molecular flexibility index (Phi) is 5.11. The van der Waals surface area contributed by atoms with Crippen molar-refractivity contribution in [2.45, 2.75) is 18.5 Å². The number of thioether (sulfide) groups is 1. The lowest BCUT2D eigenvalue weighted by Crippen LogP contribution is -2.21. The van der Waals surface area contributed by atoms with Gasteiger partial charge in [-0.3, -0.25) is 9.36 Å². The van der Waals surface area contributed by atoms with Gasteiger partial charge in [-0.15, -0.1) is 0 Å². The summed E-state index contributed by atoms with van der Waals surface area (Å²) in [6.07, 6.45) is 0.997. The van der Waals surface area contributed by atoms with Crippen LogP contribution in [0.5, 0.6) is 5.75 Å². The van der Waals surface area contributed by atoms with E-state index in [0.29, 0.717) is 32.5 Å². The van der Waals surface area contributed by atoms with Gasteiger partial charge in [-0.05, 0) is 36.8 Å². The first-order chi connectivity index (χ1) is 11.7. The minimum Gasteiger partial charge on any atom is -0.495 e. The lowest BCUT2D eigenvalue weighted by Gasteiger charge is -2.14.